The van der Waals surface area contributed by atoms with Gasteiger partial charge in [-0.3, -0.25) is 4.98 Å². The van der Waals surface area contributed by atoms with E-state index >= 15 is 0 Å². The number of aryl methyl sites for hydroxylation is 1. The van der Waals surface area contributed by atoms with E-state index in [4.69, 9.17) is 12.2 Å². The number of H-pyrrole nitrogens is 1. The fourth-order valence-electron chi connectivity index (χ4n) is 1.20. The Morgan fingerprint density at radius 3 is 2.73 bits per heavy atom. The normalized spacial score (nSPS) is 10.3. The van der Waals surface area contributed by atoms with Crippen LogP contribution in [0.3, 0.4) is 0 Å². The molecule has 0 fully saturated rings. The molecule has 0 spiro atoms. The van der Waals surface area contributed by atoms with Gasteiger partial charge in [0, 0.05) is 17.5 Å². The van der Waals surface area contributed by atoms with Crippen LogP contribution in [0.4, 0.5) is 4.39 Å². The lowest BCUT2D eigenvalue weighted by Gasteiger charge is -2.02. The van der Waals surface area contributed by atoms with Crippen LogP contribution in [0.25, 0.3) is 11.3 Å². The summed E-state index contributed by atoms with van der Waals surface area (Å²) in [6.07, 6.45) is 2.70. The lowest BCUT2D eigenvalue weighted by molar-refractivity contribution is 0.617. The number of rotatable bonds is 1. The fraction of sp³-hybridized carbons (Fsp3) is 0.100. The van der Waals surface area contributed by atoms with Crippen LogP contribution in [0.5, 0.6) is 0 Å². The first-order valence-electron chi connectivity index (χ1n) is 4.34. The van der Waals surface area contributed by atoms with Crippen molar-refractivity contribution in [3.05, 3.63) is 40.8 Å². The number of nitrogens with one attached hydrogen (secondary N) is 1. The van der Waals surface area contributed by atoms with Gasteiger partial charge in [-0.1, -0.05) is 0 Å². The third-order valence-corrected chi connectivity index (χ3v) is 2.17. The molecule has 0 atom stereocenters. The summed E-state index contributed by atoms with van der Waals surface area (Å²) >= 11 is 4.83. The number of nitrogens with zero attached hydrogens (tertiary/aromatic N) is 2. The van der Waals surface area contributed by atoms with Gasteiger partial charge < -0.3 is 4.98 Å². The molecule has 2 aromatic rings. The van der Waals surface area contributed by atoms with E-state index in [0.717, 1.165) is 11.9 Å². The Morgan fingerprint density at radius 1 is 1.27 bits per heavy atom. The minimum Gasteiger partial charge on any atom is -0.328 e. The predicted molar refractivity (Wildman–Crippen MR) is 57.3 cm³/mol. The van der Waals surface area contributed by atoms with Gasteiger partial charge in [0.1, 0.15) is 0 Å². The van der Waals surface area contributed by atoms with Crippen molar-refractivity contribution in [1.82, 2.24) is 15.0 Å². The Balaban J connectivity index is 2.58. The van der Waals surface area contributed by atoms with Crippen LogP contribution < -0.4 is 0 Å². The second-order valence-corrected chi connectivity index (χ2v) is 3.49. The molecule has 0 aromatic carbocycles. The van der Waals surface area contributed by atoms with Crippen molar-refractivity contribution in [2.45, 2.75) is 6.92 Å². The summed E-state index contributed by atoms with van der Waals surface area (Å²) in [4.78, 5) is 10.4. The molecule has 0 saturated heterocycles. The van der Waals surface area contributed by atoms with Crippen LogP contribution in [0.1, 0.15) is 5.69 Å². The molecule has 0 saturated carbocycles. The summed E-state index contributed by atoms with van der Waals surface area (Å²) in [6.45, 7) is 1.87. The summed E-state index contributed by atoms with van der Waals surface area (Å²) in [5.41, 5.74) is 1.86. The van der Waals surface area contributed by atoms with Crippen molar-refractivity contribution in [3.8, 4) is 11.3 Å². The third-order valence-electron chi connectivity index (χ3n) is 1.97. The molecule has 0 aliphatic rings. The maximum Gasteiger partial charge on any atom is 0.197 e. The third kappa shape index (κ3) is 2.07. The highest BCUT2D eigenvalue weighted by atomic mass is 32.1. The van der Waals surface area contributed by atoms with Crippen LogP contribution in [0.2, 0.25) is 0 Å². The molecule has 0 aliphatic carbocycles. The number of pyridine rings is 1. The summed E-state index contributed by atoms with van der Waals surface area (Å²) in [6, 6.07) is 3.60. The number of halogens is 1. The average Bonchev–Trinajstić information content (AvgIpc) is 2.23. The quantitative estimate of drug-likeness (QED) is 0.753. The summed E-state index contributed by atoms with van der Waals surface area (Å²) in [5.74, 6) is -0.436. The Hall–Kier alpha value is -1.62. The average molecular weight is 221 g/mol. The maximum atomic E-state index is 13.4. The van der Waals surface area contributed by atoms with E-state index < -0.39 is 5.82 Å². The van der Waals surface area contributed by atoms with Crippen LogP contribution in [-0.4, -0.2) is 15.0 Å². The molecule has 2 aromatic heterocycles. The summed E-state index contributed by atoms with van der Waals surface area (Å²) in [7, 11) is 0. The minimum atomic E-state index is -0.436. The van der Waals surface area contributed by atoms with E-state index in [1.807, 2.05) is 13.0 Å². The van der Waals surface area contributed by atoms with E-state index in [2.05, 4.69) is 15.0 Å². The molecular weight excluding hydrogens is 213 g/mol. The van der Waals surface area contributed by atoms with Crippen molar-refractivity contribution in [2.24, 2.45) is 0 Å². The van der Waals surface area contributed by atoms with Crippen molar-refractivity contribution >= 4 is 12.2 Å². The lowest BCUT2D eigenvalue weighted by atomic mass is 10.2. The van der Waals surface area contributed by atoms with Crippen molar-refractivity contribution in [2.75, 3.05) is 0 Å². The highest BCUT2D eigenvalue weighted by molar-refractivity contribution is 7.71. The molecule has 0 unspecified atom stereocenters. The summed E-state index contributed by atoms with van der Waals surface area (Å²) in [5, 5.41) is 0. The molecule has 2 heterocycles. The molecule has 2 rings (SSSR count). The Bertz CT molecular complexity index is 533. The van der Waals surface area contributed by atoms with E-state index in [-0.39, 0.29) is 4.77 Å². The number of hydrogen-bond acceptors (Lipinski definition) is 3. The van der Waals surface area contributed by atoms with Gasteiger partial charge in [0.15, 0.2) is 10.6 Å². The first-order chi connectivity index (χ1) is 7.16. The SMILES string of the molecule is Cc1ccc(-c2[nH]c(=S)ncc2F)cn1. The highest BCUT2D eigenvalue weighted by Crippen LogP contribution is 2.18. The topological polar surface area (TPSA) is 41.6 Å². The largest absolute Gasteiger partial charge is 0.328 e. The first-order valence-corrected chi connectivity index (χ1v) is 4.75. The Morgan fingerprint density at radius 2 is 2.07 bits per heavy atom. The smallest absolute Gasteiger partial charge is 0.197 e. The van der Waals surface area contributed by atoms with Gasteiger partial charge in [-0.2, -0.15) is 0 Å². The van der Waals surface area contributed by atoms with E-state index in [0.29, 0.717) is 11.3 Å². The van der Waals surface area contributed by atoms with Crippen LogP contribution in [0, 0.1) is 17.5 Å². The fourth-order valence-corrected chi connectivity index (χ4v) is 1.36. The first kappa shape index (κ1) is 9.92. The predicted octanol–water partition coefficient (Wildman–Crippen LogP) is 2.65. The second-order valence-electron chi connectivity index (χ2n) is 3.10. The van der Waals surface area contributed by atoms with Gasteiger partial charge in [0.25, 0.3) is 0 Å². The Kier molecular flexibility index (Phi) is 2.55. The van der Waals surface area contributed by atoms with E-state index in [1.54, 1.807) is 12.3 Å². The van der Waals surface area contributed by atoms with E-state index in [1.165, 1.54) is 0 Å². The van der Waals surface area contributed by atoms with Gasteiger partial charge in [-0.15, -0.1) is 0 Å². The minimum absolute atomic E-state index is 0.256. The van der Waals surface area contributed by atoms with Gasteiger partial charge in [-0.05, 0) is 31.3 Å². The molecule has 0 amide bonds. The number of hydrogen-bond donors (Lipinski definition) is 1. The van der Waals surface area contributed by atoms with Gasteiger partial charge in [0.05, 0.1) is 11.9 Å². The monoisotopic (exact) mass is 221 g/mol. The zero-order valence-electron chi connectivity index (χ0n) is 7.99. The van der Waals surface area contributed by atoms with Gasteiger partial charge in [0.2, 0.25) is 0 Å². The van der Waals surface area contributed by atoms with Gasteiger partial charge >= 0.3 is 0 Å². The molecule has 5 heteroatoms. The molecule has 76 valence electrons. The molecule has 0 radical (unpaired) electrons. The van der Waals surface area contributed by atoms with Crippen LogP contribution in [0.15, 0.2) is 24.5 Å². The standard InChI is InChI=1S/C10H8FN3S/c1-6-2-3-7(4-12-6)9-8(11)5-13-10(15)14-9/h2-5H,1H3,(H,13,14,15). The zero-order valence-corrected chi connectivity index (χ0v) is 8.81. The molecule has 0 bridgehead atoms. The number of aromatic nitrogens is 3. The van der Waals surface area contributed by atoms with Crippen LogP contribution in [-0.2, 0) is 0 Å². The molecule has 1 N–H and O–H groups in total. The van der Waals surface area contributed by atoms with Crippen LogP contribution >= 0.6 is 12.2 Å². The van der Waals surface area contributed by atoms with Crippen molar-refractivity contribution in [1.29, 1.82) is 0 Å². The maximum absolute atomic E-state index is 13.4. The zero-order chi connectivity index (χ0) is 10.8. The molecule has 0 aliphatic heterocycles. The Labute approximate surface area is 91.0 Å². The summed E-state index contributed by atoms with van der Waals surface area (Å²) < 4.78 is 13.6. The highest BCUT2D eigenvalue weighted by Gasteiger charge is 2.05. The van der Waals surface area contributed by atoms with Crippen molar-refractivity contribution in [3.63, 3.8) is 0 Å². The number of aromatic amines is 1. The molecular formula is C10H8FN3S. The lowest BCUT2D eigenvalue weighted by Crippen LogP contribution is -1.93. The second kappa shape index (κ2) is 3.86. The van der Waals surface area contributed by atoms with E-state index in [9.17, 15) is 4.39 Å². The molecule has 15 heavy (non-hydrogen) atoms. The van der Waals surface area contributed by atoms with Crippen molar-refractivity contribution < 1.29 is 4.39 Å². The molecule has 3 nitrogen and oxygen atoms in total. The van der Waals surface area contributed by atoms with Gasteiger partial charge in [-0.25, -0.2) is 9.37 Å².